The molecule has 7 heteroatoms. The van der Waals surface area contributed by atoms with Gasteiger partial charge in [0.2, 0.25) is 10.0 Å². The number of hydrogen-bond acceptors (Lipinski definition) is 4. The summed E-state index contributed by atoms with van der Waals surface area (Å²) in [7, 11) is -3.59. The van der Waals surface area contributed by atoms with Gasteiger partial charge >= 0.3 is 0 Å². The molecule has 2 heterocycles. The Bertz CT molecular complexity index is 649. The quantitative estimate of drug-likeness (QED) is 0.871. The number of hydrogen-bond donors (Lipinski definition) is 1. The van der Waals surface area contributed by atoms with Gasteiger partial charge in [-0.3, -0.25) is 4.79 Å². The summed E-state index contributed by atoms with van der Waals surface area (Å²) in [5, 5.41) is 0. The molecule has 1 aromatic carbocycles. The average molecular weight is 324 g/mol. The average Bonchev–Trinajstić information content (AvgIpc) is 2.97. The number of nitrogens with zero attached hydrogens (tertiary/aromatic N) is 1. The number of amides is 1. The van der Waals surface area contributed by atoms with Gasteiger partial charge in [0.15, 0.2) is 0 Å². The van der Waals surface area contributed by atoms with E-state index >= 15 is 0 Å². The van der Waals surface area contributed by atoms with Crippen molar-refractivity contribution in [1.82, 2.24) is 9.62 Å². The van der Waals surface area contributed by atoms with E-state index in [4.69, 9.17) is 4.74 Å². The first-order chi connectivity index (χ1) is 10.6. The van der Waals surface area contributed by atoms with Crippen LogP contribution in [0.3, 0.4) is 0 Å². The molecule has 1 aromatic rings. The zero-order valence-corrected chi connectivity index (χ0v) is 13.1. The highest BCUT2D eigenvalue weighted by Gasteiger charge is 2.24. The largest absolute Gasteiger partial charge is 0.381 e. The zero-order valence-electron chi connectivity index (χ0n) is 12.3. The SMILES string of the molecule is O=C(c1cccc(S(=O)(=O)NC[C@@H]2CCOC2)c1)N1CCC1. The predicted molar refractivity (Wildman–Crippen MR) is 81.1 cm³/mol. The van der Waals surface area contributed by atoms with E-state index in [1.54, 1.807) is 17.0 Å². The van der Waals surface area contributed by atoms with Crippen LogP contribution in [-0.4, -0.2) is 52.1 Å². The first-order valence-electron chi connectivity index (χ1n) is 7.53. The number of benzene rings is 1. The van der Waals surface area contributed by atoms with Crippen molar-refractivity contribution in [1.29, 1.82) is 0 Å². The summed E-state index contributed by atoms with van der Waals surface area (Å²) in [4.78, 5) is 14.0. The second-order valence-corrected chi connectivity index (χ2v) is 7.52. The van der Waals surface area contributed by atoms with Gasteiger partial charge in [-0.15, -0.1) is 0 Å². The standard InChI is InChI=1S/C15H20N2O4S/c18-15(17-6-2-7-17)13-3-1-4-14(9-13)22(19,20)16-10-12-5-8-21-11-12/h1,3-4,9,12,16H,2,5-8,10-11H2/t12-/m0/s1. The molecule has 2 saturated heterocycles. The lowest BCUT2D eigenvalue weighted by Crippen LogP contribution is -2.42. The van der Waals surface area contributed by atoms with Crippen molar-refractivity contribution < 1.29 is 17.9 Å². The fourth-order valence-electron chi connectivity index (χ4n) is 2.55. The molecule has 1 N–H and O–H groups in total. The number of ether oxygens (including phenoxy) is 1. The normalized spacial score (nSPS) is 21.6. The fraction of sp³-hybridized carbons (Fsp3) is 0.533. The van der Waals surface area contributed by atoms with Crippen molar-refractivity contribution in [3.8, 4) is 0 Å². The third-order valence-corrected chi connectivity index (χ3v) is 5.54. The van der Waals surface area contributed by atoms with Gasteiger partial charge in [0, 0.05) is 31.8 Å². The minimum atomic E-state index is -3.59. The molecule has 120 valence electrons. The Kier molecular flexibility index (Phi) is 4.46. The topological polar surface area (TPSA) is 75.7 Å². The highest BCUT2D eigenvalue weighted by molar-refractivity contribution is 7.89. The molecule has 0 spiro atoms. The minimum absolute atomic E-state index is 0.104. The van der Waals surface area contributed by atoms with Gasteiger partial charge in [-0.2, -0.15) is 0 Å². The maximum Gasteiger partial charge on any atom is 0.253 e. The van der Waals surface area contributed by atoms with Gasteiger partial charge in [-0.05, 0) is 37.0 Å². The van der Waals surface area contributed by atoms with Gasteiger partial charge in [-0.25, -0.2) is 13.1 Å². The first-order valence-corrected chi connectivity index (χ1v) is 9.01. The number of carbonyl (C=O) groups is 1. The highest BCUT2D eigenvalue weighted by Crippen LogP contribution is 2.17. The Hall–Kier alpha value is -1.44. The van der Waals surface area contributed by atoms with Crippen LogP contribution in [0.15, 0.2) is 29.2 Å². The molecule has 0 bridgehead atoms. The summed E-state index contributed by atoms with van der Waals surface area (Å²) in [6.45, 7) is 3.14. The van der Waals surface area contributed by atoms with Crippen molar-refractivity contribution in [3.63, 3.8) is 0 Å². The monoisotopic (exact) mass is 324 g/mol. The molecule has 1 atom stereocenters. The van der Waals surface area contributed by atoms with E-state index in [0.29, 0.717) is 25.3 Å². The van der Waals surface area contributed by atoms with E-state index in [0.717, 1.165) is 25.9 Å². The van der Waals surface area contributed by atoms with E-state index in [-0.39, 0.29) is 16.7 Å². The van der Waals surface area contributed by atoms with Crippen molar-refractivity contribution in [2.45, 2.75) is 17.7 Å². The van der Waals surface area contributed by atoms with E-state index < -0.39 is 10.0 Å². The summed E-state index contributed by atoms with van der Waals surface area (Å²) in [5.41, 5.74) is 0.423. The molecule has 0 aromatic heterocycles. The molecule has 22 heavy (non-hydrogen) atoms. The number of nitrogens with one attached hydrogen (secondary N) is 1. The first kappa shape index (κ1) is 15.5. The Morgan fingerprint density at radius 1 is 1.36 bits per heavy atom. The Morgan fingerprint density at radius 2 is 2.18 bits per heavy atom. The molecule has 3 rings (SSSR count). The highest BCUT2D eigenvalue weighted by atomic mass is 32.2. The van der Waals surface area contributed by atoms with Crippen molar-refractivity contribution in [2.75, 3.05) is 32.8 Å². The van der Waals surface area contributed by atoms with Crippen molar-refractivity contribution in [2.24, 2.45) is 5.92 Å². The maximum atomic E-state index is 12.3. The van der Waals surface area contributed by atoms with E-state index in [2.05, 4.69) is 4.72 Å². The smallest absolute Gasteiger partial charge is 0.253 e. The lowest BCUT2D eigenvalue weighted by molar-refractivity contribution is 0.0651. The third kappa shape index (κ3) is 3.31. The number of sulfonamides is 1. The van der Waals surface area contributed by atoms with Crippen LogP contribution in [0.2, 0.25) is 0 Å². The van der Waals surface area contributed by atoms with E-state index in [1.807, 2.05) is 0 Å². The van der Waals surface area contributed by atoms with Crippen LogP contribution < -0.4 is 4.72 Å². The van der Waals surface area contributed by atoms with Crippen LogP contribution in [0.1, 0.15) is 23.2 Å². The van der Waals surface area contributed by atoms with Crippen LogP contribution in [0.25, 0.3) is 0 Å². The molecule has 2 aliphatic heterocycles. The fourth-order valence-corrected chi connectivity index (χ4v) is 3.72. The van der Waals surface area contributed by atoms with Crippen LogP contribution >= 0.6 is 0 Å². The number of carbonyl (C=O) groups excluding carboxylic acids is 1. The van der Waals surface area contributed by atoms with Gasteiger partial charge in [0.25, 0.3) is 5.91 Å². The summed E-state index contributed by atoms with van der Waals surface area (Å²) in [5.74, 6) is 0.119. The number of rotatable bonds is 5. The summed E-state index contributed by atoms with van der Waals surface area (Å²) >= 11 is 0. The summed E-state index contributed by atoms with van der Waals surface area (Å²) < 4.78 is 32.5. The minimum Gasteiger partial charge on any atom is -0.381 e. The molecular formula is C15H20N2O4S. The Labute approximate surface area is 130 Å². The van der Waals surface area contributed by atoms with E-state index in [9.17, 15) is 13.2 Å². The molecule has 0 aliphatic carbocycles. The van der Waals surface area contributed by atoms with Gasteiger partial charge < -0.3 is 9.64 Å². The van der Waals surface area contributed by atoms with Gasteiger partial charge in [-0.1, -0.05) is 6.07 Å². The molecule has 6 nitrogen and oxygen atoms in total. The summed E-state index contributed by atoms with van der Waals surface area (Å²) in [6.07, 6.45) is 1.88. The second kappa shape index (κ2) is 6.36. The van der Waals surface area contributed by atoms with Crippen molar-refractivity contribution in [3.05, 3.63) is 29.8 Å². The van der Waals surface area contributed by atoms with Gasteiger partial charge in [0.1, 0.15) is 0 Å². The molecule has 0 saturated carbocycles. The second-order valence-electron chi connectivity index (χ2n) is 5.76. The van der Waals surface area contributed by atoms with Crippen LogP contribution in [-0.2, 0) is 14.8 Å². The molecule has 0 radical (unpaired) electrons. The Morgan fingerprint density at radius 3 is 2.82 bits per heavy atom. The summed E-state index contributed by atoms with van der Waals surface area (Å²) in [6, 6.07) is 6.24. The predicted octanol–water partition coefficient (Wildman–Crippen LogP) is 0.847. The molecule has 0 unspecified atom stereocenters. The van der Waals surface area contributed by atoms with Gasteiger partial charge in [0.05, 0.1) is 11.5 Å². The lowest BCUT2D eigenvalue weighted by atomic mass is 10.1. The third-order valence-electron chi connectivity index (χ3n) is 4.12. The van der Waals surface area contributed by atoms with Crippen molar-refractivity contribution >= 4 is 15.9 Å². The molecule has 1 amide bonds. The Balaban J connectivity index is 1.70. The van der Waals surface area contributed by atoms with Crippen LogP contribution in [0.4, 0.5) is 0 Å². The maximum absolute atomic E-state index is 12.3. The molecule has 2 aliphatic rings. The zero-order chi connectivity index (χ0) is 15.6. The number of likely N-dealkylation sites (tertiary alicyclic amines) is 1. The van der Waals surface area contributed by atoms with Crippen LogP contribution in [0.5, 0.6) is 0 Å². The molecular weight excluding hydrogens is 304 g/mol. The van der Waals surface area contributed by atoms with Crippen LogP contribution in [0, 0.1) is 5.92 Å². The molecule has 2 fully saturated rings. The van der Waals surface area contributed by atoms with E-state index in [1.165, 1.54) is 12.1 Å². The lowest BCUT2D eigenvalue weighted by Gasteiger charge is -2.31.